The number of carbonyl (C=O) groups is 2. The van der Waals surface area contributed by atoms with Crippen molar-refractivity contribution in [2.24, 2.45) is 0 Å². The highest BCUT2D eigenvalue weighted by Gasteiger charge is 2.22. The van der Waals surface area contributed by atoms with E-state index < -0.39 is 12.1 Å². The second kappa shape index (κ2) is 8.02. The molecule has 1 rings (SSSR count). The molecule has 104 valence electrons. The van der Waals surface area contributed by atoms with Crippen molar-refractivity contribution in [3.05, 3.63) is 0 Å². The van der Waals surface area contributed by atoms with Crippen LogP contribution in [0, 0.1) is 0 Å². The Morgan fingerprint density at radius 1 is 1.61 bits per heavy atom. The molecule has 1 fully saturated rings. The fraction of sp³-hybridized carbons (Fsp3) is 0.818. The monoisotopic (exact) mass is 260 g/mol. The van der Waals surface area contributed by atoms with Crippen LogP contribution in [0.25, 0.3) is 0 Å². The molecule has 0 radical (unpaired) electrons. The van der Waals surface area contributed by atoms with Gasteiger partial charge in [0, 0.05) is 19.7 Å². The van der Waals surface area contributed by atoms with Gasteiger partial charge in [0.1, 0.15) is 6.04 Å². The molecule has 1 aliphatic heterocycles. The van der Waals surface area contributed by atoms with Crippen LogP contribution >= 0.6 is 0 Å². The first-order chi connectivity index (χ1) is 8.63. The Kier molecular flexibility index (Phi) is 6.63. The summed E-state index contributed by atoms with van der Waals surface area (Å²) < 4.78 is 10.4. The molecular weight excluding hydrogens is 240 g/mol. The molecule has 7 heteroatoms. The first-order valence-electron chi connectivity index (χ1n) is 6.05. The van der Waals surface area contributed by atoms with Crippen molar-refractivity contribution >= 4 is 11.9 Å². The zero-order valence-corrected chi connectivity index (χ0v) is 10.5. The molecule has 0 spiro atoms. The van der Waals surface area contributed by atoms with Crippen molar-refractivity contribution in [3.63, 3.8) is 0 Å². The van der Waals surface area contributed by atoms with Crippen molar-refractivity contribution in [2.75, 3.05) is 32.9 Å². The summed E-state index contributed by atoms with van der Waals surface area (Å²) in [5.41, 5.74) is 0. The Morgan fingerprint density at radius 2 is 2.39 bits per heavy atom. The number of morpholine rings is 1. The van der Waals surface area contributed by atoms with E-state index in [1.807, 2.05) is 0 Å². The number of amides is 1. The predicted octanol–water partition coefficient (Wildman–Crippen LogP) is -1.03. The Bertz CT molecular complexity index is 279. The van der Waals surface area contributed by atoms with Crippen molar-refractivity contribution in [2.45, 2.75) is 25.5 Å². The number of aliphatic carboxylic acids is 1. The zero-order chi connectivity index (χ0) is 13.4. The molecule has 1 amide bonds. The van der Waals surface area contributed by atoms with Gasteiger partial charge in [-0.05, 0) is 6.92 Å². The normalized spacial score (nSPS) is 21.3. The number of hydrogen-bond donors (Lipinski definition) is 3. The maximum absolute atomic E-state index is 11.7. The van der Waals surface area contributed by atoms with Gasteiger partial charge in [0.05, 0.1) is 25.7 Å². The first-order valence-corrected chi connectivity index (χ1v) is 6.05. The topological polar surface area (TPSA) is 96.9 Å². The van der Waals surface area contributed by atoms with E-state index in [2.05, 4.69) is 10.6 Å². The smallest absolute Gasteiger partial charge is 0.306 e. The third-order valence-corrected chi connectivity index (χ3v) is 2.55. The summed E-state index contributed by atoms with van der Waals surface area (Å²) in [6.07, 6.45) is -0.621. The van der Waals surface area contributed by atoms with E-state index in [1.165, 1.54) is 0 Å². The number of carboxylic acids is 1. The molecule has 0 aliphatic carbocycles. The van der Waals surface area contributed by atoms with E-state index in [0.717, 1.165) is 0 Å². The van der Waals surface area contributed by atoms with E-state index >= 15 is 0 Å². The molecule has 0 aromatic heterocycles. The highest BCUT2D eigenvalue weighted by Crippen LogP contribution is 1.99. The van der Waals surface area contributed by atoms with E-state index in [4.69, 9.17) is 14.6 Å². The van der Waals surface area contributed by atoms with Crippen LogP contribution in [0.15, 0.2) is 0 Å². The van der Waals surface area contributed by atoms with Gasteiger partial charge in [-0.1, -0.05) is 0 Å². The molecule has 1 aliphatic rings. The number of hydrogen-bond acceptors (Lipinski definition) is 5. The van der Waals surface area contributed by atoms with Crippen LogP contribution in [0.5, 0.6) is 0 Å². The largest absolute Gasteiger partial charge is 0.481 e. The molecule has 18 heavy (non-hydrogen) atoms. The van der Waals surface area contributed by atoms with Crippen LogP contribution in [-0.4, -0.2) is 62.0 Å². The molecule has 1 heterocycles. The third-order valence-electron chi connectivity index (χ3n) is 2.55. The molecular formula is C11H20N2O5. The van der Waals surface area contributed by atoms with Crippen molar-refractivity contribution < 1.29 is 24.2 Å². The fourth-order valence-corrected chi connectivity index (χ4v) is 1.69. The quantitative estimate of drug-likeness (QED) is 0.541. The maximum atomic E-state index is 11.7. The molecule has 2 atom stereocenters. The first kappa shape index (κ1) is 14.9. The minimum Gasteiger partial charge on any atom is -0.481 e. The second-order valence-corrected chi connectivity index (χ2v) is 4.00. The maximum Gasteiger partial charge on any atom is 0.306 e. The van der Waals surface area contributed by atoms with E-state index in [1.54, 1.807) is 6.92 Å². The van der Waals surface area contributed by atoms with Crippen LogP contribution < -0.4 is 10.6 Å². The average Bonchev–Trinajstić information content (AvgIpc) is 2.36. The lowest BCUT2D eigenvalue weighted by Gasteiger charge is -2.24. The van der Waals surface area contributed by atoms with Crippen LogP contribution in [0.1, 0.15) is 13.3 Å². The number of carboxylic acid groups (broad SMARTS) is 1. The lowest BCUT2D eigenvalue weighted by molar-refractivity contribution is -0.140. The molecule has 0 saturated carbocycles. The highest BCUT2D eigenvalue weighted by molar-refractivity contribution is 5.82. The molecule has 0 bridgehead atoms. The van der Waals surface area contributed by atoms with Crippen LogP contribution in [-0.2, 0) is 19.1 Å². The summed E-state index contributed by atoms with van der Waals surface area (Å²) >= 11 is 0. The summed E-state index contributed by atoms with van der Waals surface area (Å²) in [6, 6.07) is -0.370. The lowest BCUT2D eigenvalue weighted by atomic mass is 10.2. The molecule has 2 unspecified atom stereocenters. The number of ether oxygens (including phenoxy) is 2. The van der Waals surface area contributed by atoms with Crippen molar-refractivity contribution in [1.29, 1.82) is 0 Å². The molecule has 0 aromatic carbocycles. The van der Waals surface area contributed by atoms with Crippen LogP contribution in [0.2, 0.25) is 0 Å². The van der Waals surface area contributed by atoms with Gasteiger partial charge in [-0.15, -0.1) is 0 Å². The predicted molar refractivity (Wildman–Crippen MR) is 63.3 cm³/mol. The van der Waals surface area contributed by atoms with Crippen molar-refractivity contribution in [3.8, 4) is 0 Å². The number of rotatable bonds is 7. The Labute approximate surface area is 106 Å². The van der Waals surface area contributed by atoms with Crippen LogP contribution in [0.4, 0.5) is 0 Å². The summed E-state index contributed by atoms with van der Waals surface area (Å²) in [5, 5.41) is 14.4. The number of nitrogens with one attached hydrogen (secondary N) is 2. The Balaban J connectivity index is 2.31. The lowest BCUT2D eigenvalue weighted by Crippen LogP contribution is -2.52. The SMILES string of the molecule is CCOC(CNC(=O)C1COCCN1)CC(=O)O. The van der Waals surface area contributed by atoms with E-state index in [0.29, 0.717) is 26.4 Å². The molecule has 0 aromatic rings. The fourth-order valence-electron chi connectivity index (χ4n) is 1.69. The van der Waals surface area contributed by atoms with Gasteiger partial charge in [-0.25, -0.2) is 0 Å². The standard InChI is InChI=1S/C11H20N2O5/c1-2-18-8(5-10(14)15)6-13-11(16)9-7-17-4-3-12-9/h8-9,12H,2-7H2,1H3,(H,13,16)(H,14,15). The van der Waals surface area contributed by atoms with Gasteiger partial charge in [0.2, 0.25) is 5.91 Å². The minimum atomic E-state index is -0.943. The molecule has 3 N–H and O–H groups in total. The van der Waals surface area contributed by atoms with Crippen molar-refractivity contribution in [1.82, 2.24) is 10.6 Å². The second-order valence-electron chi connectivity index (χ2n) is 4.00. The third kappa shape index (κ3) is 5.44. The van der Waals surface area contributed by atoms with Gasteiger partial charge in [-0.3, -0.25) is 9.59 Å². The van der Waals surface area contributed by atoms with Gasteiger partial charge in [0.25, 0.3) is 0 Å². The zero-order valence-electron chi connectivity index (χ0n) is 10.5. The highest BCUT2D eigenvalue weighted by atomic mass is 16.5. The van der Waals surface area contributed by atoms with E-state index in [-0.39, 0.29) is 24.9 Å². The minimum absolute atomic E-state index is 0.122. The van der Waals surface area contributed by atoms with Gasteiger partial charge in [-0.2, -0.15) is 0 Å². The van der Waals surface area contributed by atoms with Crippen LogP contribution in [0.3, 0.4) is 0 Å². The molecule has 7 nitrogen and oxygen atoms in total. The summed E-state index contributed by atoms with van der Waals surface area (Å²) in [5.74, 6) is -1.13. The Morgan fingerprint density at radius 3 is 2.94 bits per heavy atom. The summed E-state index contributed by atoms with van der Waals surface area (Å²) in [4.78, 5) is 22.3. The van der Waals surface area contributed by atoms with Gasteiger partial charge in [0.15, 0.2) is 0 Å². The number of carbonyl (C=O) groups excluding carboxylic acids is 1. The summed E-state index contributed by atoms with van der Waals surface area (Å²) in [6.45, 7) is 3.97. The molecule has 1 saturated heterocycles. The average molecular weight is 260 g/mol. The summed E-state index contributed by atoms with van der Waals surface area (Å²) in [7, 11) is 0. The van der Waals surface area contributed by atoms with Gasteiger partial charge < -0.3 is 25.2 Å². The van der Waals surface area contributed by atoms with E-state index in [9.17, 15) is 9.59 Å². The Hall–Kier alpha value is -1.18. The van der Waals surface area contributed by atoms with Gasteiger partial charge >= 0.3 is 5.97 Å².